The van der Waals surface area contributed by atoms with Gasteiger partial charge in [-0.1, -0.05) is 29.3 Å². The fourth-order valence-corrected chi connectivity index (χ4v) is 4.42. The maximum Gasteiger partial charge on any atom is 0.327 e. The van der Waals surface area contributed by atoms with Crippen LogP contribution >= 0.6 is 23.2 Å². The maximum atomic E-state index is 13.0. The van der Waals surface area contributed by atoms with Crippen LogP contribution in [0.25, 0.3) is 10.9 Å². The Morgan fingerprint density at radius 3 is 2.56 bits per heavy atom. The second-order valence-electron chi connectivity index (χ2n) is 8.36. The van der Waals surface area contributed by atoms with E-state index in [2.05, 4.69) is 27.2 Å². The number of carbonyl (C=O) groups is 1. The molecular weight excluding hydrogens is 477 g/mol. The van der Waals surface area contributed by atoms with Gasteiger partial charge in [-0.3, -0.25) is 4.90 Å². The summed E-state index contributed by atoms with van der Waals surface area (Å²) in [6.07, 6.45) is 3.62. The number of aromatic nitrogens is 2. The van der Waals surface area contributed by atoms with Gasteiger partial charge in [-0.2, -0.15) is 0 Å². The molecule has 0 bridgehead atoms. The number of ether oxygens (including phenoxy) is 2. The van der Waals surface area contributed by atoms with Crippen molar-refractivity contribution in [2.24, 2.45) is 5.92 Å². The van der Waals surface area contributed by atoms with Crippen molar-refractivity contribution in [3.63, 3.8) is 0 Å². The number of rotatable bonds is 6. The van der Waals surface area contributed by atoms with E-state index in [0.29, 0.717) is 56.5 Å². The number of carbonyl (C=O) groups excluding carboxylic acids is 1. The van der Waals surface area contributed by atoms with Crippen LogP contribution in [0.4, 0.5) is 16.3 Å². The Kier molecular flexibility index (Phi) is 7.60. The first-order valence-corrected chi connectivity index (χ1v) is 11.8. The van der Waals surface area contributed by atoms with Crippen LogP contribution in [0.5, 0.6) is 11.5 Å². The number of likely N-dealkylation sites (tertiary alicyclic amines) is 1. The molecule has 1 aliphatic rings. The lowest BCUT2D eigenvalue weighted by molar-refractivity contribution is 0.157. The van der Waals surface area contributed by atoms with Crippen molar-refractivity contribution in [1.29, 1.82) is 0 Å². The van der Waals surface area contributed by atoms with E-state index in [-0.39, 0.29) is 0 Å². The molecule has 1 aliphatic heterocycles. The number of anilines is 2. The Hall–Kier alpha value is -2.81. The monoisotopic (exact) mass is 503 g/mol. The summed E-state index contributed by atoms with van der Waals surface area (Å²) >= 11 is 12.4. The second kappa shape index (κ2) is 10.6. The highest BCUT2D eigenvalue weighted by molar-refractivity contribution is 6.39. The predicted molar refractivity (Wildman–Crippen MR) is 136 cm³/mol. The van der Waals surface area contributed by atoms with Crippen molar-refractivity contribution in [3.05, 3.63) is 46.7 Å². The van der Waals surface area contributed by atoms with Crippen LogP contribution in [0.3, 0.4) is 0 Å². The van der Waals surface area contributed by atoms with Crippen LogP contribution in [0, 0.1) is 5.92 Å². The number of hydrogen-bond acceptors (Lipinski definition) is 6. The molecule has 1 saturated heterocycles. The Balaban J connectivity index is 1.57. The summed E-state index contributed by atoms with van der Waals surface area (Å²) in [5.41, 5.74) is 0.975. The fourth-order valence-electron chi connectivity index (χ4n) is 3.93. The minimum absolute atomic E-state index is 0.336. The average Bonchev–Trinajstić information content (AvgIpc) is 2.84. The van der Waals surface area contributed by atoms with Gasteiger partial charge in [-0.05, 0) is 57.1 Å². The highest BCUT2D eigenvalue weighted by Gasteiger charge is 2.21. The standard InChI is InChI=1S/C24H27Cl2N5O3/c1-30-9-7-15(8-10-30)13-34-21-12-19-16(11-20(21)33-3)23(28-14-27-19)31(2)24(32)29-22-17(25)5-4-6-18(22)26/h4-6,11-12,14-15H,7-10,13H2,1-3H3,(H,29,32). The number of fused-ring (bicyclic) bond motifs is 1. The molecule has 0 aliphatic carbocycles. The largest absolute Gasteiger partial charge is 0.493 e. The maximum absolute atomic E-state index is 13.0. The molecule has 1 N–H and O–H groups in total. The minimum atomic E-state index is -0.448. The van der Waals surface area contributed by atoms with E-state index in [9.17, 15) is 4.79 Å². The van der Waals surface area contributed by atoms with Gasteiger partial charge in [0.25, 0.3) is 0 Å². The van der Waals surface area contributed by atoms with E-state index in [1.54, 1.807) is 38.4 Å². The summed E-state index contributed by atoms with van der Waals surface area (Å²) in [5.74, 6) is 2.09. The minimum Gasteiger partial charge on any atom is -0.493 e. The molecule has 10 heteroatoms. The van der Waals surface area contributed by atoms with Crippen molar-refractivity contribution in [1.82, 2.24) is 14.9 Å². The zero-order chi connectivity index (χ0) is 24.2. The smallest absolute Gasteiger partial charge is 0.327 e. The summed E-state index contributed by atoms with van der Waals surface area (Å²) in [5, 5.41) is 4.08. The number of hydrogen-bond donors (Lipinski definition) is 1. The van der Waals surface area contributed by atoms with E-state index in [1.165, 1.54) is 11.2 Å². The van der Waals surface area contributed by atoms with E-state index < -0.39 is 6.03 Å². The number of benzene rings is 2. The summed E-state index contributed by atoms with van der Waals surface area (Å²) in [4.78, 5) is 25.4. The molecule has 8 nitrogen and oxygen atoms in total. The van der Waals surface area contributed by atoms with E-state index in [4.69, 9.17) is 32.7 Å². The van der Waals surface area contributed by atoms with Gasteiger partial charge in [0.2, 0.25) is 0 Å². The lowest BCUT2D eigenvalue weighted by Gasteiger charge is -2.29. The lowest BCUT2D eigenvalue weighted by Crippen LogP contribution is -2.32. The molecule has 0 unspecified atom stereocenters. The number of nitrogens with one attached hydrogen (secondary N) is 1. The molecular formula is C24H27Cl2N5O3. The summed E-state index contributed by atoms with van der Waals surface area (Å²) in [6, 6.07) is 8.19. The summed E-state index contributed by atoms with van der Waals surface area (Å²) in [6.45, 7) is 2.77. The van der Waals surface area contributed by atoms with Crippen molar-refractivity contribution in [2.75, 3.05) is 51.1 Å². The molecule has 2 aromatic carbocycles. The molecule has 0 spiro atoms. The van der Waals surface area contributed by atoms with Crippen molar-refractivity contribution in [3.8, 4) is 11.5 Å². The molecule has 4 rings (SSSR count). The van der Waals surface area contributed by atoms with Gasteiger partial charge < -0.3 is 19.7 Å². The number of amides is 2. The van der Waals surface area contributed by atoms with Gasteiger partial charge in [0.05, 0.1) is 35.0 Å². The van der Waals surface area contributed by atoms with Gasteiger partial charge in [-0.25, -0.2) is 14.8 Å². The highest BCUT2D eigenvalue weighted by atomic mass is 35.5. The van der Waals surface area contributed by atoms with Crippen molar-refractivity contribution < 1.29 is 14.3 Å². The number of para-hydroxylation sites is 1. The third-order valence-electron chi connectivity index (χ3n) is 6.03. The molecule has 0 saturated carbocycles. The lowest BCUT2D eigenvalue weighted by atomic mass is 9.98. The van der Waals surface area contributed by atoms with E-state index >= 15 is 0 Å². The van der Waals surface area contributed by atoms with Crippen LogP contribution in [-0.2, 0) is 0 Å². The number of halogens is 2. The van der Waals surface area contributed by atoms with Gasteiger partial charge in [0, 0.05) is 18.5 Å². The molecule has 1 fully saturated rings. The number of methoxy groups -OCH3 is 1. The molecule has 2 amide bonds. The van der Waals surface area contributed by atoms with E-state index in [1.807, 2.05) is 6.07 Å². The first kappa shape index (κ1) is 24.3. The second-order valence-corrected chi connectivity index (χ2v) is 9.18. The van der Waals surface area contributed by atoms with Crippen LogP contribution in [-0.4, -0.2) is 61.8 Å². The molecule has 180 valence electrons. The van der Waals surface area contributed by atoms with Crippen LogP contribution < -0.4 is 19.7 Å². The average molecular weight is 504 g/mol. The van der Waals surface area contributed by atoms with Crippen molar-refractivity contribution in [2.45, 2.75) is 12.8 Å². The first-order chi connectivity index (χ1) is 16.4. The Labute approximate surface area is 208 Å². The third kappa shape index (κ3) is 5.29. The van der Waals surface area contributed by atoms with Gasteiger partial charge in [-0.15, -0.1) is 0 Å². The van der Waals surface area contributed by atoms with Crippen LogP contribution in [0.1, 0.15) is 12.8 Å². The highest BCUT2D eigenvalue weighted by Crippen LogP contribution is 2.36. The topological polar surface area (TPSA) is 79.8 Å². The normalized spacial score (nSPS) is 14.7. The fraction of sp³-hybridized carbons (Fsp3) is 0.375. The van der Waals surface area contributed by atoms with Crippen molar-refractivity contribution >= 4 is 51.6 Å². The third-order valence-corrected chi connectivity index (χ3v) is 6.66. The number of urea groups is 1. The SMILES string of the molecule is COc1cc2c(N(C)C(=O)Nc3c(Cl)cccc3Cl)ncnc2cc1OCC1CCN(C)CC1. The zero-order valence-electron chi connectivity index (χ0n) is 19.3. The molecule has 2 heterocycles. The summed E-state index contributed by atoms with van der Waals surface area (Å²) < 4.78 is 11.7. The molecule has 0 radical (unpaired) electrons. The molecule has 0 atom stereocenters. The van der Waals surface area contributed by atoms with Crippen LogP contribution in [0.15, 0.2) is 36.7 Å². The Bertz CT molecular complexity index is 1160. The van der Waals surface area contributed by atoms with Crippen LogP contribution in [0.2, 0.25) is 10.0 Å². The first-order valence-electron chi connectivity index (χ1n) is 11.0. The molecule has 3 aromatic rings. The van der Waals surface area contributed by atoms with Gasteiger partial charge >= 0.3 is 6.03 Å². The number of piperidine rings is 1. The molecule has 34 heavy (non-hydrogen) atoms. The number of nitrogens with zero attached hydrogens (tertiary/aromatic N) is 4. The predicted octanol–water partition coefficient (Wildman–Crippen LogP) is 5.33. The quantitative estimate of drug-likeness (QED) is 0.489. The zero-order valence-corrected chi connectivity index (χ0v) is 20.9. The Morgan fingerprint density at radius 1 is 1.18 bits per heavy atom. The summed E-state index contributed by atoms with van der Waals surface area (Å²) in [7, 11) is 5.34. The van der Waals surface area contributed by atoms with Gasteiger partial charge in [0.1, 0.15) is 12.1 Å². The van der Waals surface area contributed by atoms with E-state index in [0.717, 1.165) is 25.9 Å². The van der Waals surface area contributed by atoms with Gasteiger partial charge in [0.15, 0.2) is 11.5 Å². The molecule has 1 aromatic heterocycles. The Morgan fingerprint density at radius 2 is 1.88 bits per heavy atom.